The number of thioether (sulfide) groups is 1. The highest BCUT2D eigenvalue weighted by Crippen LogP contribution is 2.31. The summed E-state index contributed by atoms with van der Waals surface area (Å²) < 4.78 is 7.55. The number of nitrogens with one attached hydrogen (secondary N) is 1. The number of carbonyl (C=O) groups is 1. The van der Waals surface area contributed by atoms with Crippen molar-refractivity contribution in [3.8, 4) is 0 Å². The number of anilines is 1. The number of benzene rings is 2. The summed E-state index contributed by atoms with van der Waals surface area (Å²) in [6.07, 6.45) is 2.01. The maximum atomic E-state index is 12.7. The van der Waals surface area contributed by atoms with Crippen LogP contribution < -0.4 is 5.32 Å². The minimum Gasteiger partial charge on any atom is -0.451 e. The van der Waals surface area contributed by atoms with Crippen molar-refractivity contribution in [2.45, 2.75) is 5.75 Å². The third kappa shape index (κ3) is 3.49. The molecule has 0 bridgehead atoms. The van der Waals surface area contributed by atoms with E-state index in [2.05, 4.69) is 37.2 Å². The van der Waals surface area contributed by atoms with Gasteiger partial charge in [0.15, 0.2) is 5.76 Å². The van der Waals surface area contributed by atoms with Crippen molar-refractivity contribution in [2.24, 2.45) is 0 Å². The highest BCUT2D eigenvalue weighted by atomic mass is 79.9. The normalized spacial score (nSPS) is 10.9. The van der Waals surface area contributed by atoms with Gasteiger partial charge in [-0.3, -0.25) is 4.79 Å². The highest BCUT2D eigenvalue weighted by Gasteiger charge is 2.20. The van der Waals surface area contributed by atoms with Crippen LogP contribution in [-0.2, 0) is 5.75 Å². The Morgan fingerprint density at radius 2 is 2.00 bits per heavy atom. The summed E-state index contributed by atoms with van der Waals surface area (Å²) in [5.41, 5.74) is 2.36. The van der Waals surface area contributed by atoms with E-state index in [0.717, 1.165) is 31.2 Å². The van der Waals surface area contributed by atoms with Crippen LogP contribution in [0.2, 0.25) is 0 Å². The smallest absolute Gasteiger partial charge is 0.291 e. The summed E-state index contributed by atoms with van der Waals surface area (Å²) in [6, 6.07) is 13.3. The van der Waals surface area contributed by atoms with Gasteiger partial charge in [-0.25, -0.2) is 0 Å². The van der Waals surface area contributed by atoms with Gasteiger partial charge in [0.25, 0.3) is 5.91 Å². The molecule has 3 rings (SSSR count). The van der Waals surface area contributed by atoms with E-state index in [1.54, 1.807) is 11.8 Å². The van der Waals surface area contributed by atoms with E-state index in [-0.39, 0.29) is 5.91 Å². The van der Waals surface area contributed by atoms with Crippen LogP contribution in [0.15, 0.2) is 55.8 Å². The third-order valence-corrected chi connectivity index (χ3v) is 5.10. The van der Waals surface area contributed by atoms with E-state index in [1.807, 2.05) is 48.7 Å². The second kappa shape index (κ2) is 7.11. The van der Waals surface area contributed by atoms with Crippen molar-refractivity contribution in [2.75, 3.05) is 11.6 Å². The molecular formula is C17H13Br2NO2S. The minimum atomic E-state index is -0.242. The maximum Gasteiger partial charge on any atom is 0.291 e. The minimum absolute atomic E-state index is 0.242. The molecule has 0 aliphatic heterocycles. The highest BCUT2D eigenvalue weighted by molar-refractivity contribution is 9.11. The average molecular weight is 455 g/mol. The van der Waals surface area contributed by atoms with Gasteiger partial charge in [-0.05, 0) is 46.5 Å². The zero-order valence-electron chi connectivity index (χ0n) is 12.2. The molecule has 1 N–H and O–H groups in total. The van der Waals surface area contributed by atoms with Crippen molar-refractivity contribution in [1.29, 1.82) is 0 Å². The Labute approximate surface area is 155 Å². The number of hydrogen-bond donors (Lipinski definition) is 1. The standard InChI is InChI=1S/C17H13Br2NO2S/c1-23-9-12-11-4-2-3-5-15(11)22-16(12)17(21)20-14-7-6-10(18)8-13(14)19/h2-8H,9H2,1H3,(H,20,21). The lowest BCUT2D eigenvalue weighted by Crippen LogP contribution is -2.13. The summed E-state index contributed by atoms with van der Waals surface area (Å²) >= 11 is 8.51. The molecule has 0 aliphatic carbocycles. The van der Waals surface area contributed by atoms with Crippen LogP contribution in [-0.4, -0.2) is 12.2 Å². The molecule has 0 radical (unpaired) electrons. The van der Waals surface area contributed by atoms with Gasteiger partial charge in [-0.1, -0.05) is 34.1 Å². The molecule has 23 heavy (non-hydrogen) atoms. The maximum absolute atomic E-state index is 12.7. The van der Waals surface area contributed by atoms with Crippen molar-refractivity contribution in [1.82, 2.24) is 0 Å². The Morgan fingerprint density at radius 1 is 1.22 bits per heavy atom. The van der Waals surface area contributed by atoms with Gasteiger partial charge in [-0.2, -0.15) is 11.8 Å². The predicted molar refractivity (Wildman–Crippen MR) is 103 cm³/mol. The molecule has 1 amide bonds. The molecule has 1 heterocycles. The molecule has 2 aromatic carbocycles. The average Bonchev–Trinajstić information content (AvgIpc) is 2.90. The fourth-order valence-electron chi connectivity index (χ4n) is 2.34. The third-order valence-electron chi connectivity index (χ3n) is 3.37. The Balaban J connectivity index is 1.98. The molecule has 0 atom stereocenters. The fourth-order valence-corrected chi connectivity index (χ4v) is 4.06. The molecule has 0 aliphatic rings. The van der Waals surface area contributed by atoms with E-state index in [9.17, 15) is 4.79 Å². The van der Waals surface area contributed by atoms with Crippen LogP contribution in [0, 0.1) is 0 Å². The van der Waals surface area contributed by atoms with E-state index < -0.39 is 0 Å². The molecule has 118 valence electrons. The molecule has 0 fully saturated rings. The zero-order chi connectivity index (χ0) is 16.4. The summed E-state index contributed by atoms with van der Waals surface area (Å²) in [5.74, 6) is 0.852. The number of hydrogen-bond acceptors (Lipinski definition) is 3. The van der Waals surface area contributed by atoms with Crippen LogP contribution >= 0.6 is 43.6 Å². The first-order chi connectivity index (χ1) is 11.1. The summed E-state index contributed by atoms with van der Waals surface area (Å²) in [5, 5.41) is 3.89. The quantitative estimate of drug-likeness (QED) is 0.519. The second-order valence-electron chi connectivity index (χ2n) is 4.92. The lowest BCUT2D eigenvalue weighted by Gasteiger charge is -2.07. The molecule has 0 spiro atoms. The van der Waals surface area contributed by atoms with Crippen LogP contribution in [0.5, 0.6) is 0 Å². The van der Waals surface area contributed by atoms with Gasteiger partial charge in [0.05, 0.1) is 5.69 Å². The Kier molecular flexibility index (Phi) is 5.14. The molecule has 0 saturated heterocycles. The van der Waals surface area contributed by atoms with Gasteiger partial charge < -0.3 is 9.73 Å². The monoisotopic (exact) mass is 453 g/mol. The number of halogens is 2. The van der Waals surface area contributed by atoms with Crippen LogP contribution in [0.25, 0.3) is 11.0 Å². The van der Waals surface area contributed by atoms with E-state index >= 15 is 0 Å². The van der Waals surface area contributed by atoms with Crippen LogP contribution in [0.3, 0.4) is 0 Å². The molecule has 1 aromatic heterocycles. The topological polar surface area (TPSA) is 42.2 Å². The molecule has 0 saturated carbocycles. The summed E-state index contributed by atoms with van der Waals surface area (Å²) in [7, 11) is 0. The molecule has 3 nitrogen and oxygen atoms in total. The first-order valence-corrected chi connectivity index (χ1v) is 9.84. The molecule has 6 heteroatoms. The fraction of sp³-hybridized carbons (Fsp3) is 0.118. The van der Waals surface area contributed by atoms with E-state index in [4.69, 9.17) is 4.42 Å². The molecular weight excluding hydrogens is 442 g/mol. The molecule has 3 aromatic rings. The number of para-hydroxylation sites is 1. The number of amides is 1. The number of rotatable bonds is 4. The van der Waals surface area contributed by atoms with Crippen molar-refractivity contribution < 1.29 is 9.21 Å². The van der Waals surface area contributed by atoms with Gasteiger partial charge in [0.1, 0.15) is 5.58 Å². The lowest BCUT2D eigenvalue weighted by molar-refractivity contribution is 0.0997. The number of carbonyl (C=O) groups excluding carboxylic acids is 1. The van der Waals surface area contributed by atoms with Gasteiger partial charge in [0, 0.05) is 25.6 Å². The first-order valence-electron chi connectivity index (χ1n) is 6.86. The van der Waals surface area contributed by atoms with Gasteiger partial charge in [-0.15, -0.1) is 0 Å². The van der Waals surface area contributed by atoms with Crippen molar-refractivity contribution in [3.05, 3.63) is 62.7 Å². The number of furan rings is 1. The van der Waals surface area contributed by atoms with Gasteiger partial charge in [0.2, 0.25) is 0 Å². The van der Waals surface area contributed by atoms with E-state index in [0.29, 0.717) is 11.4 Å². The van der Waals surface area contributed by atoms with Crippen LogP contribution in [0.4, 0.5) is 5.69 Å². The number of fused-ring (bicyclic) bond motifs is 1. The Hall–Kier alpha value is -1.24. The summed E-state index contributed by atoms with van der Waals surface area (Å²) in [6.45, 7) is 0. The molecule has 0 unspecified atom stereocenters. The first kappa shape index (κ1) is 16.6. The van der Waals surface area contributed by atoms with Crippen LogP contribution in [0.1, 0.15) is 16.1 Å². The second-order valence-corrected chi connectivity index (χ2v) is 7.55. The largest absolute Gasteiger partial charge is 0.451 e. The zero-order valence-corrected chi connectivity index (χ0v) is 16.2. The van der Waals surface area contributed by atoms with E-state index in [1.165, 1.54) is 0 Å². The van der Waals surface area contributed by atoms with Crippen molar-refractivity contribution >= 4 is 66.2 Å². The SMILES string of the molecule is CSCc1c(C(=O)Nc2ccc(Br)cc2Br)oc2ccccc12. The van der Waals surface area contributed by atoms with Crippen molar-refractivity contribution in [3.63, 3.8) is 0 Å². The predicted octanol–water partition coefficient (Wildman–Crippen LogP) is 6.07. The Morgan fingerprint density at radius 3 is 2.74 bits per heavy atom. The van der Waals surface area contributed by atoms with Gasteiger partial charge >= 0.3 is 0 Å². The summed E-state index contributed by atoms with van der Waals surface area (Å²) in [4.78, 5) is 12.7. The lowest BCUT2D eigenvalue weighted by atomic mass is 10.1. The Bertz CT molecular complexity index is 876.